The third-order valence-electron chi connectivity index (χ3n) is 3.65. The minimum Gasteiger partial charge on any atom is -0.398 e. The number of nitrogen functional groups attached to an aromatic ring is 1. The standard InChI is InChI=1S/C14H24N2O3S/c1-8(2)13(7-17)16-20(18,19)14-10(4)9(3)6-12(15)11(14)5/h6,8,13,16-17H,7,15H2,1-5H3. The van der Waals surface area contributed by atoms with E-state index in [1.807, 2.05) is 20.8 Å². The summed E-state index contributed by atoms with van der Waals surface area (Å²) in [6.07, 6.45) is 0. The van der Waals surface area contributed by atoms with Crippen molar-refractivity contribution in [2.24, 2.45) is 5.92 Å². The maximum absolute atomic E-state index is 12.6. The molecule has 0 radical (unpaired) electrons. The number of rotatable bonds is 5. The van der Waals surface area contributed by atoms with Gasteiger partial charge in [-0.2, -0.15) is 0 Å². The molecule has 1 aromatic rings. The Labute approximate surface area is 121 Å². The van der Waals surface area contributed by atoms with Crippen LogP contribution in [-0.2, 0) is 10.0 Å². The summed E-state index contributed by atoms with van der Waals surface area (Å²) in [4.78, 5) is 0.217. The van der Waals surface area contributed by atoms with Crippen molar-refractivity contribution in [2.75, 3.05) is 12.3 Å². The Morgan fingerprint density at radius 3 is 2.25 bits per heavy atom. The van der Waals surface area contributed by atoms with Gasteiger partial charge in [-0.15, -0.1) is 0 Å². The maximum Gasteiger partial charge on any atom is 0.241 e. The fraction of sp³-hybridized carbons (Fsp3) is 0.571. The molecule has 4 N–H and O–H groups in total. The molecule has 0 saturated carbocycles. The summed E-state index contributed by atoms with van der Waals surface area (Å²) < 4.78 is 27.7. The molecule has 1 aromatic carbocycles. The van der Waals surface area contributed by atoms with Gasteiger partial charge in [0.15, 0.2) is 0 Å². The lowest BCUT2D eigenvalue weighted by molar-refractivity contribution is 0.227. The van der Waals surface area contributed by atoms with Crippen molar-refractivity contribution in [1.82, 2.24) is 4.72 Å². The highest BCUT2D eigenvalue weighted by Gasteiger charge is 2.26. The largest absolute Gasteiger partial charge is 0.398 e. The van der Waals surface area contributed by atoms with Crippen LogP contribution in [-0.4, -0.2) is 26.2 Å². The van der Waals surface area contributed by atoms with Gasteiger partial charge in [0, 0.05) is 11.7 Å². The quantitative estimate of drug-likeness (QED) is 0.718. The first-order valence-electron chi connectivity index (χ1n) is 6.61. The number of nitrogens with one attached hydrogen (secondary N) is 1. The monoisotopic (exact) mass is 300 g/mol. The van der Waals surface area contributed by atoms with Crippen molar-refractivity contribution in [3.8, 4) is 0 Å². The molecule has 0 aliphatic carbocycles. The van der Waals surface area contributed by atoms with Crippen LogP contribution in [0.2, 0.25) is 0 Å². The van der Waals surface area contributed by atoms with Crippen LogP contribution in [0.25, 0.3) is 0 Å². The highest BCUT2D eigenvalue weighted by molar-refractivity contribution is 7.89. The minimum atomic E-state index is -3.71. The Morgan fingerprint density at radius 2 is 1.80 bits per heavy atom. The van der Waals surface area contributed by atoms with Gasteiger partial charge in [0.25, 0.3) is 0 Å². The van der Waals surface area contributed by atoms with Crippen LogP contribution in [0.4, 0.5) is 5.69 Å². The summed E-state index contributed by atoms with van der Waals surface area (Å²) in [5.74, 6) is -0.00227. The normalized spacial score (nSPS) is 13.8. The number of aliphatic hydroxyl groups excluding tert-OH is 1. The van der Waals surface area contributed by atoms with Crippen molar-refractivity contribution in [2.45, 2.75) is 45.6 Å². The summed E-state index contributed by atoms with van der Waals surface area (Å²) in [6, 6.07) is 1.26. The van der Waals surface area contributed by atoms with Gasteiger partial charge < -0.3 is 10.8 Å². The molecule has 0 aromatic heterocycles. The lowest BCUT2D eigenvalue weighted by atomic mass is 10.1. The molecular weight excluding hydrogens is 276 g/mol. The van der Waals surface area contributed by atoms with Crippen molar-refractivity contribution >= 4 is 15.7 Å². The third kappa shape index (κ3) is 3.31. The molecule has 0 bridgehead atoms. The summed E-state index contributed by atoms with van der Waals surface area (Å²) in [5, 5.41) is 9.30. The van der Waals surface area contributed by atoms with E-state index in [4.69, 9.17) is 5.73 Å². The molecule has 1 unspecified atom stereocenters. The molecule has 0 fully saturated rings. The average Bonchev–Trinajstić information content (AvgIpc) is 2.33. The summed E-state index contributed by atoms with van der Waals surface area (Å²) >= 11 is 0. The molecule has 1 rings (SSSR count). The fourth-order valence-corrected chi connectivity index (χ4v) is 4.03. The van der Waals surface area contributed by atoms with Crippen LogP contribution < -0.4 is 10.5 Å². The number of sulfonamides is 1. The smallest absolute Gasteiger partial charge is 0.241 e. The van der Waals surface area contributed by atoms with Gasteiger partial charge in [0.05, 0.1) is 11.5 Å². The minimum absolute atomic E-state index is 0.00227. The van der Waals surface area contributed by atoms with Gasteiger partial charge in [0.2, 0.25) is 10.0 Å². The second-order valence-electron chi connectivity index (χ2n) is 5.52. The van der Waals surface area contributed by atoms with E-state index >= 15 is 0 Å². The van der Waals surface area contributed by atoms with E-state index in [1.165, 1.54) is 0 Å². The van der Waals surface area contributed by atoms with Crippen LogP contribution in [0.15, 0.2) is 11.0 Å². The highest BCUT2D eigenvalue weighted by atomic mass is 32.2. The topological polar surface area (TPSA) is 92.4 Å². The van der Waals surface area contributed by atoms with E-state index in [2.05, 4.69) is 4.72 Å². The van der Waals surface area contributed by atoms with Crippen LogP contribution in [0, 0.1) is 26.7 Å². The molecule has 0 heterocycles. The molecule has 6 heteroatoms. The summed E-state index contributed by atoms with van der Waals surface area (Å²) in [6.45, 7) is 8.76. The van der Waals surface area contributed by atoms with Crippen LogP contribution in [0.3, 0.4) is 0 Å². The van der Waals surface area contributed by atoms with E-state index < -0.39 is 16.1 Å². The molecule has 114 valence electrons. The Hall–Kier alpha value is -1.11. The number of anilines is 1. The highest BCUT2D eigenvalue weighted by Crippen LogP contribution is 2.28. The Kier molecular flexibility index (Phi) is 5.18. The molecule has 20 heavy (non-hydrogen) atoms. The molecule has 0 aliphatic rings. The molecule has 5 nitrogen and oxygen atoms in total. The van der Waals surface area contributed by atoms with E-state index in [0.29, 0.717) is 16.8 Å². The predicted octanol–water partition coefficient (Wildman–Crippen LogP) is 1.49. The molecule has 1 atom stereocenters. The van der Waals surface area contributed by atoms with Crippen LogP contribution in [0.1, 0.15) is 30.5 Å². The number of hydrogen-bond acceptors (Lipinski definition) is 4. The van der Waals surface area contributed by atoms with Gasteiger partial charge in [-0.25, -0.2) is 13.1 Å². The number of nitrogens with two attached hydrogens (primary N) is 1. The van der Waals surface area contributed by atoms with E-state index in [9.17, 15) is 13.5 Å². The molecule has 0 amide bonds. The van der Waals surface area contributed by atoms with Crippen molar-refractivity contribution < 1.29 is 13.5 Å². The summed E-state index contributed by atoms with van der Waals surface area (Å²) in [5.41, 5.74) is 8.39. The van der Waals surface area contributed by atoms with Crippen LogP contribution in [0.5, 0.6) is 0 Å². The zero-order valence-corrected chi connectivity index (χ0v) is 13.5. The third-order valence-corrected chi connectivity index (χ3v) is 5.42. The Balaban J connectivity index is 3.36. The first-order chi connectivity index (χ1) is 9.11. The van der Waals surface area contributed by atoms with Gasteiger partial charge >= 0.3 is 0 Å². The van der Waals surface area contributed by atoms with Crippen molar-refractivity contribution in [1.29, 1.82) is 0 Å². The fourth-order valence-electron chi connectivity index (χ4n) is 2.09. The van der Waals surface area contributed by atoms with Crippen LogP contribution >= 0.6 is 0 Å². The number of aryl methyl sites for hydroxylation is 1. The maximum atomic E-state index is 12.6. The predicted molar refractivity (Wildman–Crippen MR) is 81.1 cm³/mol. The molecule has 0 saturated heterocycles. The van der Waals surface area contributed by atoms with E-state index in [1.54, 1.807) is 19.9 Å². The van der Waals surface area contributed by atoms with Crippen molar-refractivity contribution in [3.05, 3.63) is 22.8 Å². The van der Waals surface area contributed by atoms with Crippen molar-refractivity contribution in [3.63, 3.8) is 0 Å². The van der Waals surface area contributed by atoms with Gasteiger partial charge in [-0.3, -0.25) is 0 Å². The molecular formula is C14H24N2O3S. The van der Waals surface area contributed by atoms with E-state index in [-0.39, 0.29) is 17.4 Å². The molecule has 0 aliphatic heterocycles. The van der Waals surface area contributed by atoms with E-state index in [0.717, 1.165) is 5.56 Å². The zero-order valence-electron chi connectivity index (χ0n) is 12.7. The number of benzene rings is 1. The lowest BCUT2D eigenvalue weighted by Crippen LogP contribution is -2.41. The van der Waals surface area contributed by atoms with Gasteiger partial charge in [0.1, 0.15) is 0 Å². The zero-order chi connectivity index (χ0) is 15.7. The summed E-state index contributed by atoms with van der Waals surface area (Å²) in [7, 11) is -3.71. The average molecular weight is 300 g/mol. The Morgan fingerprint density at radius 1 is 1.25 bits per heavy atom. The molecule has 0 spiro atoms. The lowest BCUT2D eigenvalue weighted by Gasteiger charge is -2.22. The first kappa shape index (κ1) is 16.9. The van der Waals surface area contributed by atoms with Gasteiger partial charge in [-0.05, 0) is 49.4 Å². The SMILES string of the molecule is Cc1cc(N)c(C)c(S(=O)(=O)NC(CO)C(C)C)c1C. The first-order valence-corrected chi connectivity index (χ1v) is 8.09. The number of aliphatic hydroxyl groups is 1. The second-order valence-corrected chi connectivity index (χ2v) is 7.17. The second kappa shape index (κ2) is 6.11. The van der Waals surface area contributed by atoms with Gasteiger partial charge in [-0.1, -0.05) is 13.8 Å². The Bertz CT molecular complexity index is 569. The number of hydrogen-bond donors (Lipinski definition) is 3.